The van der Waals surface area contributed by atoms with E-state index < -0.39 is 0 Å². The standard InChI is InChI=1S/C7H11NO/c1-5(2)3-6-4-7(9)8-6/h6H,1,3-4H2,2H3,(H,8,9)/t6-/m1/s1. The quantitative estimate of drug-likeness (QED) is 0.430. The summed E-state index contributed by atoms with van der Waals surface area (Å²) in [5.41, 5.74) is 1.14. The number of rotatable bonds is 2. The maximum Gasteiger partial charge on any atom is 0.222 e. The van der Waals surface area contributed by atoms with E-state index in [9.17, 15) is 4.79 Å². The first-order chi connectivity index (χ1) is 4.18. The fourth-order valence-corrected chi connectivity index (χ4v) is 0.974. The Morgan fingerprint density at radius 1 is 2.00 bits per heavy atom. The van der Waals surface area contributed by atoms with Gasteiger partial charge < -0.3 is 5.32 Å². The number of hydrogen-bond acceptors (Lipinski definition) is 1. The van der Waals surface area contributed by atoms with Gasteiger partial charge in [0.1, 0.15) is 0 Å². The van der Waals surface area contributed by atoms with E-state index in [1.165, 1.54) is 0 Å². The van der Waals surface area contributed by atoms with Gasteiger partial charge in [0.05, 0.1) is 0 Å². The summed E-state index contributed by atoms with van der Waals surface area (Å²) < 4.78 is 0. The highest BCUT2D eigenvalue weighted by atomic mass is 16.2. The van der Waals surface area contributed by atoms with E-state index in [0.717, 1.165) is 12.0 Å². The van der Waals surface area contributed by atoms with E-state index in [-0.39, 0.29) is 5.91 Å². The van der Waals surface area contributed by atoms with Crippen LogP contribution in [-0.4, -0.2) is 11.9 Å². The average Bonchev–Trinajstić information content (AvgIpc) is 1.60. The predicted molar refractivity (Wildman–Crippen MR) is 36.0 cm³/mol. The highest BCUT2D eigenvalue weighted by Crippen LogP contribution is 2.12. The van der Waals surface area contributed by atoms with Crippen LogP contribution < -0.4 is 5.32 Å². The summed E-state index contributed by atoms with van der Waals surface area (Å²) in [6.07, 6.45) is 1.62. The van der Waals surface area contributed by atoms with E-state index in [4.69, 9.17) is 0 Å². The first kappa shape index (κ1) is 6.33. The fraction of sp³-hybridized carbons (Fsp3) is 0.571. The molecular weight excluding hydrogens is 114 g/mol. The van der Waals surface area contributed by atoms with E-state index in [1.54, 1.807) is 0 Å². The van der Waals surface area contributed by atoms with Gasteiger partial charge in [-0.05, 0) is 13.3 Å². The minimum Gasteiger partial charge on any atom is -0.352 e. The molecule has 1 heterocycles. The van der Waals surface area contributed by atoms with Gasteiger partial charge in [0, 0.05) is 12.5 Å². The van der Waals surface area contributed by atoms with Crippen LogP contribution in [0.3, 0.4) is 0 Å². The molecule has 1 rings (SSSR count). The molecule has 0 bridgehead atoms. The van der Waals surface area contributed by atoms with Gasteiger partial charge in [0.2, 0.25) is 5.91 Å². The van der Waals surface area contributed by atoms with E-state index in [0.29, 0.717) is 12.5 Å². The molecule has 0 saturated carbocycles. The number of carbonyl (C=O) groups excluding carboxylic acids is 1. The smallest absolute Gasteiger partial charge is 0.222 e. The lowest BCUT2D eigenvalue weighted by atomic mass is 9.99. The third-order valence-electron chi connectivity index (χ3n) is 1.39. The van der Waals surface area contributed by atoms with Gasteiger partial charge in [-0.2, -0.15) is 0 Å². The highest BCUT2D eigenvalue weighted by molar-refractivity contribution is 5.82. The summed E-state index contributed by atoms with van der Waals surface area (Å²) in [4.78, 5) is 10.4. The van der Waals surface area contributed by atoms with Gasteiger partial charge in [-0.25, -0.2) is 0 Å². The molecule has 0 radical (unpaired) electrons. The molecule has 2 nitrogen and oxygen atoms in total. The molecule has 9 heavy (non-hydrogen) atoms. The lowest BCUT2D eigenvalue weighted by Crippen LogP contribution is -2.48. The lowest BCUT2D eigenvalue weighted by Gasteiger charge is -2.26. The van der Waals surface area contributed by atoms with Crippen LogP contribution in [0.4, 0.5) is 0 Å². The van der Waals surface area contributed by atoms with Gasteiger partial charge in [-0.15, -0.1) is 6.58 Å². The Bertz CT molecular complexity index is 143. The molecule has 0 aliphatic carbocycles. The van der Waals surface area contributed by atoms with Crippen molar-refractivity contribution in [2.45, 2.75) is 25.8 Å². The topological polar surface area (TPSA) is 29.1 Å². The van der Waals surface area contributed by atoms with Crippen LogP contribution in [0, 0.1) is 0 Å². The highest BCUT2D eigenvalue weighted by Gasteiger charge is 2.24. The van der Waals surface area contributed by atoms with Gasteiger partial charge in [0.25, 0.3) is 0 Å². The normalized spacial score (nSPS) is 24.6. The molecule has 1 N–H and O–H groups in total. The zero-order valence-corrected chi connectivity index (χ0v) is 5.61. The third kappa shape index (κ3) is 1.56. The van der Waals surface area contributed by atoms with Crippen LogP contribution in [-0.2, 0) is 4.79 Å². The van der Waals surface area contributed by atoms with Crippen LogP contribution in [0.5, 0.6) is 0 Å². The molecular formula is C7H11NO. The second kappa shape index (κ2) is 2.21. The molecule has 1 aliphatic rings. The van der Waals surface area contributed by atoms with E-state index in [1.807, 2.05) is 6.92 Å². The van der Waals surface area contributed by atoms with Crippen LogP contribution in [0.25, 0.3) is 0 Å². The molecule has 2 heteroatoms. The van der Waals surface area contributed by atoms with Crippen molar-refractivity contribution >= 4 is 5.91 Å². The summed E-state index contributed by atoms with van der Waals surface area (Å²) in [7, 11) is 0. The Balaban J connectivity index is 2.18. The molecule has 0 spiro atoms. The molecule has 1 aliphatic heterocycles. The van der Waals surface area contributed by atoms with Gasteiger partial charge in [0.15, 0.2) is 0 Å². The summed E-state index contributed by atoms with van der Waals surface area (Å²) in [5.74, 6) is 0.168. The second-order valence-corrected chi connectivity index (χ2v) is 2.63. The molecule has 1 saturated heterocycles. The first-order valence-corrected chi connectivity index (χ1v) is 3.12. The fourth-order valence-electron chi connectivity index (χ4n) is 0.974. The maximum atomic E-state index is 10.4. The molecule has 0 aromatic heterocycles. The van der Waals surface area contributed by atoms with E-state index >= 15 is 0 Å². The van der Waals surface area contributed by atoms with Crippen molar-refractivity contribution in [3.8, 4) is 0 Å². The predicted octanol–water partition coefficient (Wildman–Crippen LogP) is 0.841. The van der Waals surface area contributed by atoms with Crippen LogP contribution in [0.2, 0.25) is 0 Å². The number of nitrogens with one attached hydrogen (secondary N) is 1. The minimum atomic E-state index is 0.168. The number of β-lactam (4-membered cyclic amide) rings is 1. The second-order valence-electron chi connectivity index (χ2n) is 2.63. The Morgan fingerprint density at radius 2 is 2.56 bits per heavy atom. The maximum absolute atomic E-state index is 10.4. The minimum absolute atomic E-state index is 0.168. The molecule has 0 unspecified atom stereocenters. The zero-order valence-electron chi connectivity index (χ0n) is 5.61. The molecule has 1 amide bonds. The Morgan fingerprint density at radius 3 is 2.89 bits per heavy atom. The van der Waals surface area contributed by atoms with Gasteiger partial charge in [-0.3, -0.25) is 4.79 Å². The average molecular weight is 125 g/mol. The van der Waals surface area contributed by atoms with E-state index in [2.05, 4.69) is 11.9 Å². The van der Waals surface area contributed by atoms with Crippen LogP contribution in [0.15, 0.2) is 12.2 Å². The van der Waals surface area contributed by atoms with Crippen molar-refractivity contribution in [3.63, 3.8) is 0 Å². The van der Waals surface area contributed by atoms with Crippen LogP contribution in [0.1, 0.15) is 19.8 Å². The van der Waals surface area contributed by atoms with Gasteiger partial charge in [-0.1, -0.05) is 5.57 Å². The number of amides is 1. The van der Waals surface area contributed by atoms with Crippen molar-refractivity contribution in [3.05, 3.63) is 12.2 Å². The van der Waals surface area contributed by atoms with Crippen molar-refractivity contribution in [1.82, 2.24) is 5.32 Å². The largest absolute Gasteiger partial charge is 0.352 e. The summed E-state index contributed by atoms with van der Waals surface area (Å²) >= 11 is 0. The number of carbonyl (C=O) groups is 1. The number of hydrogen-bond donors (Lipinski definition) is 1. The van der Waals surface area contributed by atoms with Crippen LogP contribution >= 0.6 is 0 Å². The Labute approximate surface area is 54.9 Å². The van der Waals surface area contributed by atoms with Crippen molar-refractivity contribution in [2.24, 2.45) is 0 Å². The third-order valence-corrected chi connectivity index (χ3v) is 1.39. The van der Waals surface area contributed by atoms with Crippen molar-refractivity contribution < 1.29 is 4.79 Å². The molecule has 1 fully saturated rings. The summed E-state index contributed by atoms with van der Waals surface area (Å²) in [6.45, 7) is 5.73. The summed E-state index contributed by atoms with van der Waals surface area (Å²) in [6, 6.07) is 0.384. The van der Waals surface area contributed by atoms with Crippen molar-refractivity contribution in [1.29, 1.82) is 0 Å². The molecule has 0 aromatic rings. The monoisotopic (exact) mass is 125 g/mol. The van der Waals surface area contributed by atoms with Crippen molar-refractivity contribution in [2.75, 3.05) is 0 Å². The molecule has 1 atom stereocenters. The molecule has 0 aromatic carbocycles. The van der Waals surface area contributed by atoms with Gasteiger partial charge >= 0.3 is 0 Å². The SMILES string of the molecule is C=C(C)C[C@@H]1CC(=O)N1. The summed E-state index contributed by atoms with van der Waals surface area (Å²) in [5, 5.41) is 2.77. The zero-order chi connectivity index (χ0) is 6.85. The molecule has 50 valence electrons. The lowest BCUT2D eigenvalue weighted by molar-refractivity contribution is -0.128. The Kier molecular flexibility index (Phi) is 1.56. The first-order valence-electron chi connectivity index (χ1n) is 3.12. The Hall–Kier alpha value is -0.790.